The molecule has 1 aromatic rings. The van der Waals surface area contributed by atoms with Gasteiger partial charge in [0.2, 0.25) is 17.8 Å². The van der Waals surface area contributed by atoms with E-state index in [0.29, 0.717) is 32.0 Å². The number of nitrogens with zero attached hydrogens (tertiary/aromatic N) is 6. The first-order valence-corrected chi connectivity index (χ1v) is 9.28. The van der Waals surface area contributed by atoms with Crippen LogP contribution in [-0.2, 0) is 9.59 Å². The van der Waals surface area contributed by atoms with Crippen LogP contribution in [0.1, 0.15) is 12.8 Å². The summed E-state index contributed by atoms with van der Waals surface area (Å²) in [6, 6.07) is 1.80. The second-order valence-electron chi connectivity index (χ2n) is 7.26. The SMILES string of the molecule is CN(C)CCN1CC(C(=O)N2CCCN(c3ncccn3)CC2)CC1=O. The number of likely N-dealkylation sites (tertiary alicyclic amines) is 1. The molecule has 2 amide bonds. The first kappa shape index (κ1) is 18.6. The van der Waals surface area contributed by atoms with Gasteiger partial charge in [-0.3, -0.25) is 9.59 Å². The Labute approximate surface area is 154 Å². The van der Waals surface area contributed by atoms with E-state index in [9.17, 15) is 9.59 Å². The normalized spacial score (nSPS) is 21.4. The van der Waals surface area contributed by atoms with Crippen LogP contribution in [-0.4, -0.2) is 96.4 Å². The number of hydrogen-bond donors (Lipinski definition) is 0. The molecule has 2 fully saturated rings. The maximum absolute atomic E-state index is 12.9. The lowest BCUT2D eigenvalue weighted by atomic mass is 10.1. The van der Waals surface area contributed by atoms with E-state index < -0.39 is 0 Å². The number of carbonyl (C=O) groups is 2. The van der Waals surface area contributed by atoms with E-state index in [1.165, 1.54) is 0 Å². The summed E-state index contributed by atoms with van der Waals surface area (Å²) in [5, 5.41) is 0. The number of rotatable bonds is 5. The third kappa shape index (κ3) is 4.49. The summed E-state index contributed by atoms with van der Waals surface area (Å²) in [5.41, 5.74) is 0. The second kappa shape index (κ2) is 8.44. The molecule has 142 valence electrons. The molecule has 0 bridgehead atoms. The van der Waals surface area contributed by atoms with E-state index in [1.54, 1.807) is 18.5 Å². The predicted octanol–water partition coefficient (Wildman–Crippen LogP) is -0.0746. The number of hydrogen-bond acceptors (Lipinski definition) is 6. The van der Waals surface area contributed by atoms with Crippen molar-refractivity contribution in [2.75, 3.05) is 64.8 Å². The smallest absolute Gasteiger partial charge is 0.228 e. The second-order valence-corrected chi connectivity index (χ2v) is 7.26. The summed E-state index contributed by atoms with van der Waals surface area (Å²) in [6.45, 7) is 5.00. The van der Waals surface area contributed by atoms with Gasteiger partial charge in [0.1, 0.15) is 0 Å². The van der Waals surface area contributed by atoms with Gasteiger partial charge in [-0.05, 0) is 26.6 Å². The molecule has 2 aliphatic heterocycles. The quantitative estimate of drug-likeness (QED) is 0.732. The maximum atomic E-state index is 12.9. The lowest BCUT2D eigenvalue weighted by Gasteiger charge is -2.25. The molecule has 0 N–H and O–H groups in total. The van der Waals surface area contributed by atoms with E-state index in [2.05, 4.69) is 19.8 Å². The van der Waals surface area contributed by atoms with Gasteiger partial charge in [-0.1, -0.05) is 0 Å². The van der Waals surface area contributed by atoms with Crippen molar-refractivity contribution < 1.29 is 9.59 Å². The standard InChI is InChI=1S/C18H28N6O2/c1-21(2)9-10-24-14-15(13-16(24)25)17(26)22-7-4-8-23(12-11-22)18-19-5-3-6-20-18/h3,5-6,15H,4,7-14H2,1-2H3. The van der Waals surface area contributed by atoms with Crippen molar-refractivity contribution >= 4 is 17.8 Å². The summed E-state index contributed by atoms with van der Waals surface area (Å²) >= 11 is 0. The third-order valence-corrected chi connectivity index (χ3v) is 5.02. The van der Waals surface area contributed by atoms with Crippen LogP contribution >= 0.6 is 0 Å². The van der Waals surface area contributed by atoms with Crippen molar-refractivity contribution in [2.24, 2.45) is 5.92 Å². The van der Waals surface area contributed by atoms with Crippen molar-refractivity contribution in [3.63, 3.8) is 0 Å². The van der Waals surface area contributed by atoms with Gasteiger partial charge in [0.05, 0.1) is 5.92 Å². The van der Waals surface area contributed by atoms with Crippen molar-refractivity contribution in [3.05, 3.63) is 18.5 Å². The van der Waals surface area contributed by atoms with Crippen LogP contribution in [0.5, 0.6) is 0 Å². The fraction of sp³-hybridized carbons (Fsp3) is 0.667. The van der Waals surface area contributed by atoms with E-state index in [1.807, 2.05) is 23.9 Å². The monoisotopic (exact) mass is 360 g/mol. The summed E-state index contributed by atoms with van der Waals surface area (Å²) in [4.78, 5) is 41.6. The zero-order valence-electron chi connectivity index (χ0n) is 15.7. The molecule has 1 atom stereocenters. The highest BCUT2D eigenvalue weighted by Crippen LogP contribution is 2.21. The highest BCUT2D eigenvalue weighted by atomic mass is 16.2. The molecule has 2 aliphatic rings. The van der Waals surface area contributed by atoms with E-state index in [-0.39, 0.29) is 17.7 Å². The third-order valence-electron chi connectivity index (χ3n) is 5.02. The Morgan fingerprint density at radius 3 is 2.69 bits per heavy atom. The fourth-order valence-corrected chi connectivity index (χ4v) is 3.52. The van der Waals surface area contributed by atoms with Gasteiger partial charge < -0.3 is 19.6 Å². The highest BCUT2D eigenvalue weighted by Gasteiger charge is 2.36. The van der Waals surface area contributed by atoms with Crippen molar-refractivity contribution in [1.29, 1.82) is 0 Å². The summed E-state index contributed by atoms with van der Waals surface area (Å²) in [7, 11) is 3.98. The van der Waals surface area contributed by atoms with Crippen LogP contribution in [0.4, 0.5) is 5.95 Å². The predicted molar refractivity (Wildman–Crippen MR) is 98.7 cm³/mol. The number of carbonyl (C=O) groups excluding carboxylic acids is 2. The molecule has 1 aromatic heterocycles. The molecule has 3 heterocycles. The molecule has 1 unspecified atom stereocenters. The van der Waals surface area contributed by atoms with E-state index >= 15 is 0 Å². The lowest BCUT2D eigenvalue weighted by molar-refractivity contribution is -0.135. The van der Waals surface area contributed by atoms with Gasteiger partial charge in [0.25, 0.3) is 0 Å². The zero-order chi connectivity index (χ0) is 18.5. The Balaban J connectivity index is 1.54. The molecule has 8 nitrogen and oxygen atoms in total. The Kier molecular flexibility index (Phi) is 6.03. The minimum atomic E-state index is -0.204. The molecule has 2 saturated heterocycles. The van der Waals surface area contributed by atoms with Gasteiger partial charge in [-0.25, -0.2) is 9.97 Å². The minimum Gasteiger partial charge on any atom is -0.341 e. The van der Waals surface area contributed by atoms with Crippen LogP contribution < -0.4 is 4.90 Å². The van der Waals surface area contributed by atoms with E-state index in [0.717, 1.165) is 32.6 Å². The van der Waals surface area contributed by atoms with Crippen LogP contribution in [0.3, 0.4) is 0 Å². The molecule has 0 aliphatic carbocycles. The number of amides is 2. The van der Waals surface area contributed by atoms with Crippen LogP contribution in [0.2, 0.25) is 0 Å². The van der Waals surface area contributed by atoms with Gasteiger partial charge in [-0.2, -0.15) is 0 Å². The van der Waals surface area contributed by atoms with Gasteiger partial charge in [-0.15, -0.1) is 0 Å². The van der Waals surface area contributed by atoms with Crippen LogP contribution in [0.25, 0.3) is 0 Å². The van der Waals surface area contributed by atoms with Gasteiger partial charge in [0.15, 0.2) is 0 Å². The van der Waals surface area contributed by atoms with Crippen molar-refractivity contribution in [3.8, 4) is 0 Å². The van der Waals surface area contributed by atoms with E-state index in [4.69, 9.17) is 0 Å². The molecule has 0 saturated carbocycles. The van der Waals surface area contributed by atoms with Gasteiger partial charge in [0, 0.05) is 64.6 Å². The molecule has 3 rings (SSSR count). The van der Waals surface area contributed by atoms with Crippen molar-refractivity contribution in [1.82, 2.24) is 24.7 Å². The molecule has 26 heavy (non-hydrogen) atoms. The molecule has 0 aromatic carbocycles. The Morgan fingerprint density at radius 2 is 1.96 bits per heavy atom. The average Bonchev–Trinajstić information content (AvgIpc) is 2.85. The number of aromatic nitrogens is 2. The average molecular weight is 360 g/mol. The van der Waals surface area contributed by atoms with Crippen molar-refractivity contribution in [2.45, 2.75) is 12.8 Å². The summed E-state index contributed by atoms with van der Waals surface area (Å²) in [5.74, 6) is 0.720. The lowest BCUT2D eigenvalue weighted by Crippen LogP contribution is -2.40. The largest absolute Gasteiger partial charge is 0.341 e. The summed E-state index contributed by atoms with van der Waals surface area (Å²) in [6.07, 6.45) is 4.70. The highest BCUT2D eigenvalue weighted by molar-refractivity contribution is 5.89. The molecular weight excluding hydrogens is 332 g/mol. The Hall–Kier alpha value is -2.22. The molecular formula is C18H28N6O2. The fourth-order valence-electron chi connectivity index (χ4n) is 3.52. The first-order chi connectivity index (χ1) is 12.5. The maximum Gasteiger partial charge on any atom is 0.228 e. The summed E-state index contributed by atoms with van der Waals surface area (Å²) < 4.78 is 0. The first-order valence-electron chi connectivity index (χ1n) is 9.28. The topological polar surface area (TPSA) is 72.9 Å². The zero-order valence-corrected chi connectivity index (χ0v) is 15.7. The van der Waals surface area contributed by atoms with Gasteiger partial charge >= 0.3 is 0 Å². The molecule has 0 radical (unpaired) electrons. The van der Waals surface area contributed by atoms with Crippen LogP contribution in [0, 0.1) is 5.92 Å². The Morgan fingerprint density at radius 1 is 1.19 bits per heavy atom. The molecule has 8 heteroatoms. The number of likely N-dealkylation sites (N-methyl/N-ethyl adjacent to an activating group) is 1. The Bertz CT molecular complexity index is 623. The molecule has 0 spiro atoms. The number of anilines is 1. The van der Waals surface area contributed by atoms with Crippen LogP contribution in [0.15, 0.2) is 18.5 Å². The minimum absolute atomic E-state index is 0.0966.